The van der Waals surface area contributed by atoms with Crippen molar-refractivity contribution < 1.29 is 9.47 Å². The Balaban J connectivity index is 1.77. The highest BCUT2D eigenvalue weighted by atomic mass is 16.5. The second kappa shape index (κ2) is 8.86. The molecule has 2 aromatic rings. The van der Waals surface area contributed by atoms with Gasteiger partial charge in [0.15, 0.2) is 0 Å². The summed E-state index contributed by atoms with van der Waals surface area (Å²) in [5.74, 6) is 0.883. The molecule has 24 heavy (non-hydrogen) atoms. The molecule has 0 bridgehead atoms. The monoisotopic (exact) mass is 327 g/mol. The minimum Gasteiger partial charge on any atom is -0.491 e. The van der Waals surface area contributed by atoms with Crippen molar-refractivity contribution in [3.05, 3.63) is 65.2 Å². The standard InChI is InChI=1S/C21H29NO2/c1-21(2,3)19-9-5-17(6-10-19)15-22-16-18-7-11-20(12-8-18)24-14-13-23-4/h5-12,22H,13-16H2,1-4H3. The van der Waals surface area contributed by atoms with E-state index in [4.69, 9.17) is 9.47 Å². The third-order valence-corrected chi connectivity index (χ3v) is 3.96. The molecule has 0 aromatic heterocycles. The quantitative estimate of drug-likeness (QED) is 0.733. The second-order valence-corrected chi connectivity index (χ2v) is 7.04. The molecule has 0 atom stereocenters. The Morgan fingerprint density at radius 1 is 0.792 bits per heavy atom. The number of hydrogen-bond donors (Lipinski definition) is 1. The van der Waals surface area contributed by atoms with Crippen molar-refractivity contribution in [2.45, 2.75) is 39.3 Å². The first-order valence-corrected chi connectivity index (χ1v) is 8.50. The third kappa shape index (κ3) is 5.99. The van der Waals surface area contributed by atoms with Crippen molar-refractivity contribution in [3.63, 3.8) is 0 Å². The first-order chi connectivity index (χ1) is 11.5. The maximum Gasteiger partial charge on any atom is 0.119 e. The van der Waals surface area contributed by atoms with Gasteiger partial charge in [0.25, 0.3) is 0 Å². The molecule has 0 aliphatic rings. The number of hydrogen-bond acceptors (Lipinski definition) is 3. The minimum absolute atomic E-state index is 0.207. The summed E-state index contributed by atoms with van der Waals surface area (Å²) in [5, 5.41) is 3.49. The Kier molecular flexibility index (Phi) is 6.83. The first-order valence-electron chi connectivity index (χ1n) is 8.50. The van der Waals surface area contributed by atoms with Crippen molar-refractivity contribution in [3.8, 4) is 5.75 Å². The van der Waals surface area contributed by atoms with Gasteiger partial charge in [-0.1, -0.05) is 57.2 Å². The fourth-order valence-electron chi connectivity index (χ4n) is 2.42. The van der Waals surface area contributed by atoms with E-state index in [0.29, 0.717) is 13.2 Å². The van der Waals surface area contributed by atoms with Gasteiger partial charge in [-0.25, -0.2) is 0 Å². The maximum absolute atomic E-state index is 5.57. The molecule has 0 aliphatic heterocycles. The van der Waals surface area contributed by atoms with Crippen LogP contribution in [0.25, 0.3) is 0 Å². The van der Waals surface area contributed by atoms with E-state index < -0.39 is 0 Å². The largest absolute Gasteiger partial charge is 0.491 e. The van der Waals surface area contributed by atoms with Crippen molar-refractivity contribution >= 4 is 0 Å². The van der Waals surface area contributed by atoms with Gasteiger partial charge in [0, 0.05) is 20.2 Å². The fourth-order valence-corrected chi connectivity index (χ4v) is 2.42. The molecular formula is C21H29NO2. The van der Waals surface area contributed by atoms with Crippen LogP contribution in [0, 0.1) is 0 Å². The van der Waals surface area contributed by atoms with Crippen LogP contribution >= 0.6 is 0 Å². The predicted octanol–water partition coefficient (Wildman–Crippen LogP) is 4.30. The second-order valence-electron chi connectivity index (χ2n) is 7.04. The fraction of sp³-hybridized carbons (Fsp3) is 0.429. The summed E-state index contributed by atoms with van der Waals surface area (Å²) in [5.41, 5.74) is 4.14. The Morgan fingerprint density at radius 3 is 1.83 bits per heavy atom. The van der Waals surface area contributed by atoms with Crippen LogP contribution in [0.1, 0.15) is 37.5 Å². The zero-order valence-electron chi connectivity index (χ0n) is 15.3. The third-order valence-electron chi connectivity index (χ3n) is 3.96. The van der Waals surface area contributed by atoms with Crippen molar-refractivity contribution in [2.75, 3.05) is 20.3 Å². The normalized spacial score (nSPS) is 11.5. The summed E-state index contributed by atoms with van der Waals surface area (Å²) in [6, 6.07) is 17.1. The zero-order valence-corrected chi connectivity index (χ0v) is 15.3. The molecular weight excluding hydrogens is 298 g/mol. The molecule has 0 spiro atoms. The molecule has 2 rings (SSSR count). The Hall–Kier alpha value is -1.84. The minimum atomic E-state index is 0.207. The SMILES string of the molecule is COCCOc1ccc(CNCc2ccc(C(C)(C)C)cc2)cc1. The van der Waals surface area contributed by atoms with Crippen molar-refractivity contribution in [1.82, 2.24) is 5.32 Å². The smallest absolute Gasteiger partial charge is 0.119 e. The Bertz CT molecular complexity index is 597. The lowest BCUT2D eigenvalue weighted by molar-refractivity contribution is 0.146. The molecule has 0 fully saturated rings. The van der Waals surface area contributed by atoms with E-state index in [0.717, 1.165) is 18.8 Å². The van der Waals surface area contributed by atoms with Gasteiger partial charge in [0.1, 0.15) is 12.4 Å². The van der Waals surface area contributed by atoms with E-state index in [9.17, 15) is 0 Å². The number of rotatable bonds is 8. The molecule has 3 heteroatoms. The van der Waals surface area contributed by atoms with E-state index in [2.05, 4.69) is 62.5 Å². The van der Waals surface area contributed by atoms with Crippen LogP contribution in [0.4, 0.5) is 0 Å². The van der Waals surface area contributed by atoms with Crippen LogP contribution in [-0.2, 0) is 23.2 Å². The number of nitrogens with one attached hydrogen (secondary N) is 1. The molecule has 0 aliphatic carbocycles. The highest BCUT2D eigenvalue weighted by molar-refractivity contribution is 5.28. The summed E-state index contributed by atoms with van der Waals surface area (Å²) in [6.45, 7) is 9.63. The Morgan fingerprint density at radius 2 is 1.33 bits per heavy atom. The first kappa shape index (κ1) is 18.5. The molecule has 0 saturated carbocycles. The summed E-state index contributed by atoms with van der Waals surface area (Å²) in [7, 11) is 1.68. The van der Waals surface area contributed by atoms with E-state index in [1.807, 2.05) is 12.1 Å². The lowest BCUT2D eigenvalue weighted by atomic mass is 9.87. The summed E-state index contributed by atoms with van der Waals surface area (Å²) in [6.07, 6.45) is 0. The van der Waals surface area contributed by atoms with Crippen LogP contribution in [0.15, 0.2) is 48.5 Å². The molecule has 1 N–H and O–H groups in total. The van der Waals surface area contributed by atoms with Gasteiger partial charge in [-0.3, -0.25) is 0 Å². The number of methoxy groups -OCH3 is 1. The Labute approximate surface area is 146 Å². The highest BCUT2D eigenvalue weighted by Crippen LogP contribution is 2.22. The van der Waals surface area contributed by atoms with Crippen LogP contribution in [0.2, 0.25) is 0 Å². The molecule has 0 unspecified atom stereocenters. The van der Waals surface area contributed by atoms with Crippen LogP contribution in [-0.4, -0.2) is 20.3 Å². The van der Waals surface area contributed by atoms with E-state index in [1.165, 1.54) is 16.7 Å². The summed E-state index contributed by atoms with van der Waals surface area (Å²) in [4.78, 5) is 0. The lowest BCUT2D eigenvalue weighted by Gasteiger charge is -2.19. The van der Waals surface area contributed by atoms with E-state index >= 15 is 0 Å². The van der Waals surface area contributed by atoms with Gasteiger partial charge in [-0.2, -0.15) is 0 Å². The highest BCUT2D eigenvalue weighted by Gasteiger charge is 2.12. The molecule has 2 aromatic carbocycles. The van der Waals surface area contributed by atoms with Crippen molar-refractivity contribution in [1.29, 1.82) is 0 Å². The van der Waals surface area contributed by atoms with Crippen LogP contribution < -0.4 is 10.1 Å². The van der Waals surface area contributed by atoms with Gasteiger partial charge in [0.05, 0.1) is 6.61 Å². The molecule has 130 valence electrons. The zero-order chi connectivity index (χ0) is 17.4. The molecule has 0 heterocycles. The summed E-state index contributed by atoms with van der Waals surface area (Å²) >= 11 is 0. The molecule has 0 radical (unpaired) electrons. The molecule has 0 amide bonds. The predicted molar refractivity (Wildman–Crippen MR) is 99.5 cm³/mol. The molecule has 0 saturated heterocycles. The van der Waals surface area contributed by atoms with Crippen LogP contribution in [0.5, 0.6) is 5.75 Å². The average Bonchev–Trinajstić information content (AvgIpc) is 2.56. The van der Waals surface area contributed by atoms with Crippen molar-refractivity contribution in [2.24, 2.45) is 0 Å². The van der Waals surface area contributed by atoms with Gasteiger partial charge in [-0.15, -0.1) is 0 Å². The van der Waals surface area contributed by atoms with Gasteiger partial charge in [0.2, 0.25) is 0 Å². The molecule has 3 nitrogen and oxygen atoms in total. The van der Waals surface area contributed by atoms with Gasteiger partial charge < -0.3 is 14.8 Å². The van der Waals surface area contributed by atoms with Gasteiger partial charge >= 0.3 is 0 Å². The van der Waals surface area contributed by atoms with E-state index in [1.54, 1.807) is 7.11 Å². The average molecular weight is 327 g/mol. The number of ether oxygens (including phenoxy) is 2. The number of benzene rings is 2. The summed E-state index contributed by atoms with van der Waals surface area (Å²) < 4.78 is 10.5. The van der Waals surface area contributed by atoms with E-state index in [-0.39, 0.29) is 5.41 Å². The lowest BCUT2D eigenvalue weighted by Crippen LogP contribution is -2.14. The van der Waals surface area contributed by atoms with Gasteiger partial charge in [-0.05, 0) is 34.2 Å². The maximum atomic E-state index is 5.57. The van der Waals surface area contributed by atoms with Crippen LogP contribution in [0.3, 0.4) is 0 Å². The topological polar surface area (TPSA) is 30.5 Å².